The Morgan fingerprint density at radius 2 is 1.74 bits per heavy atom. The van der Waals surface area contributed by atoms with Gasteiger partial charge in [-0.1, -0.05) is 18.2 Å². The fraction of sp³-hybridized carbons (Fsp3) is 0.368. The molecular formula is C19H20N2O2. The number of carbonyl (C=O) groups is 2. The fourth-order valence-electron chi connectivity index (χ4n) is 2.95. The normalized spacial score (nSPS) is 16.0. The van der Waals surface area contributed by atoms with Crippen LogP contribution in [0, 0.1) is 24.7 Å². The molecule has 0 radical (unpaired) electrons. The number of hydrogen-bond donors (Lipinski definition) is 0. The van der Waals surface area contributed by atoms with Crippen LogP contribution >= 0.6 is 0 Å². The van der Waals surface area contributed by atoms with Gasteiger partial charge in [-0.05, 0) is 25.7 Å². The van der Waals surface area contributed by atoms with Crippen molar-refractivity contribution in [2.75, 3.05) is 27.2 Å². The van der Waals surface area contributed by atoms with Crippen molar-refractivity contribution >= 4 is 11.8 Å². The maximum atomic E-state index is 13.1. The zero-order valence-corrected chi connectivity index (χ0v) is 13.5. The molecule has 4 nitrogen and oxygen atoms in total. The maximum absolute atomic E-state index is 13.1. The molecule has 0 saturated carbocycles. The quantitative estimate of drug-likeness (QED) is 0.612. The Labute approximate surface area is 137 Å². The highest BCUT2D eigenvalue weighted by Crippen LogP contribution is 2.40. The summed E-state index contributed by atoms with van der Waals surface area (Å²) in [5, 5.41) is 0. The van der Waals surface area contributed by atoms with Crippen molar-refractivity contribution in [3.63, 3.8) is 0 Å². The summed E-state index contributed by atoms with van der Waals surface area (Å²) in [6, 6.07) is 7.10. The largest absolute Gasteiger partial charge is 0.308 e. The van der Waals surface area contributed by atoms with Crippen LogP contribution in [0.15, 0.2) is 24.3 Å². The minimum Gasteiger partial charge on any atom is -0.308 e. The highest BCUT2D eigenvalue weighted by molar-refractivity contribution is 6.13. The first kappa shape index (κ1) is 16.8. The van der Waals surface area contributed by atoms with E-state index in [1.54, 1.807) is 24.3 Å². The second-order valence-electron chi connectivity index (χ2n) is 5.95. The summed E-state index contributed by atoms with van der Waals surface area (Å²) in [6.07, 6.45) is 11.4. The van der Waals surface area contributed by atoms with E-state index >= 15 is 0 Å². The van der Waals surface area contributed by atoms with E-state index < -0.39 is 5.41 Å². The molecule has 0 aromatic heterocycles. The van der Waals surface area contributed by atoms with Crippen molar-refractivity contribution in [3.8, 4) is 24.7 Å². The molecule has 23 heavy (non-hydrogen) atoms. The summed E-state index contributed by atoms with van der Waals surface area (Å²) in [5.41, 5.74) is 0.142. The Morgan fingerprint density at radius 3 is 2.30 bits per heavy atom. The van der Waals surface area contributed by atoms with Crippen LogP contribution < -0.4 is 0 Å². The molecule has 118 valence electrons. The third kappa shape index (κ3) is 2.86. The van der Waals surface area contributed by atoms with Gasteiger partial charge in [0.2, 0.25) is 5.91 Å². The van der Waals surface area contributed by atoms with Crippen LogP contribution in [0.2, 0.25) is 0 Å². The van der Waals surface area contributed by atoms with Crippen molar-refractivity contribution in [2.45, 2.75) is 18.3 Å². The third-order valence-corrected chi connectivity index (χ3v) is 4.15. The number of rotatable bonds is 5. The molecule has 0 bridgehead atoms. The fourth-order valence-corrected chi connectivity index (χ4v) is 2.95. The standard InChI is InChI=1S/C19H20N2O2/c1-5-11-19(12-6-2)16-10-8-7-9-15(16)17(22)21(18(19)23)14-13-20(3)4/h1-2,7-10H,11-14H2,3-4H3. The van der Waals surface area contributed by atoms with E-state index in [0.717, 1.165) is 0 Å². The Bertz CT molecular complexity index is 691. The van der Waals surface area contributed by atoms with Crippen LogP contribution in [0.4, 0.5) is 0 Å². The topological polar surface area (TPSA) is 40.6 Å². The number of benzene rings is 1. The van der Waals surface area contributed by atoms with Crippen molar-refractivity contribution < 1.29 is 9.59 Å². The molecule has 0 aliphatic carbocycles. The Kier molecular flexibility index (Phi) is 4.89. The lowest BCUT2D eigenvalue weighted by Gasteiger charge is -2.40. The first-order valence-corrected chi connectivity index (χ1v) is 7.45. The van der Waals surface area contributed by atoms with Crippen LogP contribution in [-0.4, -0.2) is 48.8 Å². The van der Waals surface area contributed by atoms with E-state index in [2.05, 4.69) is 11.8 Å². The molecule has 0 fully saturated rings. The zero-order valence-electron chi connectivity index (χ0n) is 13.5. The summed E-state index contributed by atoms with van der Waals surface area (Å²) in [4.78, 5) is 29.0. The van der Waals surface area contributed by atoms with Gasteiger partial charge in [0.15, 0.2) is 0 Å². The van der Waals surface area contributed by atoms with Gasteiger partial charge in [0.05, 0.1) is 5.41 Å². The number of carbonyl (C=O) groups excluding carboxylic acids is 2. The summed E-state index contributed by atoms with van der Waals surface area (Å²) in [6.45, 7) is 0.901. The van der Waals surface area contributed by atoms with Crippen molar-refractivity contribution in [1.29, 1.82) is 0 Å². The molecule has 1 aromatic rings. The van der Waals surface area contributed by atoms with Gasteiger partial charge >= 0.3 is 0 Å². The number of likely N-dealkylation sites (N-methyl/N-ethyl adjacent to an activating group) is 1. The summed E-state index contributed by atoms with van der Waals surface area (Å²) in [5.74, 6) is 4.57. The second kappa shape index (κ2) is 6.69. The predicted molar refractivity (Wildman–Crippen MR) is 89.6 cm³/mol. The van der Waals surface area contributed by atoms with Gasteiger partial charge in [0.25, 0.3) is 5.91 Å². The van der Waals surface area contributed by atoms with Gasteiger partial charge in [-0.15, -0.1) is 24.7 Å². The number of imide groups is 1. The van der Waals surface area contributed by atoms with Gasteiger partial charge in [0.1, 0.15) is 0 Å². The molecule has 2 rings (SSSR count). The lowest BCUT2D eigenvalue weighted by molar-refractivity contribution is -0.135. The molecular weight excluding hydrogens is 288 g/mol. The average Bonchev–Trinajstić information content (AvgIpc) is 2.53. The van der Waals surface area contributed by atoms with Gasteiger partial charge in [-0.2, -0.15) is 0 Å². The van der Waals surface area contributed by atoms with Crippen LogP contribution in [0.25, 0.3) is 0 Å². The summed E-state index contributed by atoms with van der Waals surface area (Å²) >= 11 is 0. The molecule has 4 heteroatoms. The highest BCUT2D eigenvalue weighted by Gasteiger charge is 2.49. The zero-order chi connectivity index (χ0) is 17.0. The van der Waals surface area contributed by atoms with Crippen LogP contribution in [0.3, 0.4) is 0 Å². The second-order valence-corrected chi connectivity index (χ2v) is 5.95. The summed E-state index contributed by atoms with van der Waals surface area (Å²) < 4.78 is 0. The summed E-state index contributed by atoms with van der Waals surface area (Å²) in [7, 11) is 3.78. The highest BCUT2D eigenvalue weighted by atomic mass is 16.2. The minimum atomic E-state index is -1.01. The van der Waals surface area contributed by atoms with Gasteiger partial charge in [-0.3, -0.25) is 14.5 Å². The lowest BCUT2D eigenvalue weighted by atomic mass is 9.70. The van der Waals surface area contributed by atoms with Crippen LogP contribution in [0.1, 0.15) is 28.8 Å². The van der Waals surface area contributed by atoms with Crippen molar-refractivity contribution in [2.24, 2.45) is 0 Å². The SMILES string of the molecule is C#CCC1(CC#C)C(=O)N(CCN(C)C)C(=O)c2ccccc21. The van der Waals surface area contributed by atoms with E-state index in [4.69, 9.17) is 12.8 Å². The van der Waals surface area contributed by atoms with Gasteiger partial charge in [-0.25, -0.2) is 0 Å². The number of nitrogens with zero attached hydrogens (tertiary/aromatic N) is 2. The molecule has 0 N–H and O–H groups in total. The molecule has 1 aliphatic heterocycles. The molecule has 0 saturated heterocycles. The van der Waals surface area contributed by atoms with E-state index in [-0.39, 0.29) is 24.7 Å². The maximum Gasteiger partial charge on any atom is 0.260 e. The van der Waals surface area contributed by atoms with E-state index in [1.165, 1.54) is 4.90 Å². The molecule has 0 spiro atoms. The molecule has 1 aromatic carbocycles. The number of fused-ring (bicyclic) bond motifs is 1. The van der Waals surface area contributed by atoms with E-state index in [0.29, 0.717) is 24.2 Å². The Balaban J connectivity index is 2.58. The average molecular weight is 308 g/mol. The molecule has 0 unspecified atom stereocenters. The lowest BCUT2D eigenvalue weighted by Crippen LogP contribution is -2.55. The number of hydrogen-bond acceptors (Lipinski definition) is 3. The van der Waals surface area contributed by atoms with Gasteiger partial charge < -0.3 is 4.90 Å². The number of amides is 2. The molecule has 1 aliphatic rings. The van der Waals surface area contributed by atoms with Crippen LogP contribution in [-0.2, 0) is 10.2 Å². The van der Waals surface area contributed by atoms with Crippen LogP contribution in [0.5, 0.6) is 0 Å². The van der Waals surface area contributed by atoms with Crippen molar-refractivity contribution in [3.05, 3.63) is 35.4 Å². The predicted octanol–water partition coefficient (Wildman–Crippen LogP) is 1.51. The Morgan fingerprint density at radius 1 is 1.13 bits per heavy atom. The van der Waals surface area contributed by atoms with Crippen molar-refractivity contribution in [1.82, 2.24) is 9.80 Å². The monoisotopic (exact) mass is 308 g/mol. The number of terminal acetylenes is 2. The smallest absolute Gasteiger partial charge is 0.260 e. The van der Waals surface area contributed by atoms with Gasteiger partial charge in [0, 0.05) is 31.5 Å². The van der Waals surface area contributed by atoms with E-state index in [1.807, 2.05) is 19.0 Å². The first-order valence-electron chi connectivity index (χ1n) is 7.45. The third-order valence-electron chi connectivity index (χ3n) is 4.15. The first-order chi connectivity index (χ1) is 11.0. The van der Waals surface area contributed by atoms with E-state index in [9.17, 15) is 9.59 Å². The molecule has 1 heterocycles. The molecule has 2 amide bonds. The Hall–Kier alpha value is -2.56. The minimum absolute atomic E-state index is 0.179. The molecule has 0 atom stereocenters.